The van der Waals surface area contributed by atoms with Gasteiger partial charge in [0, 0.05) is 18.1 Å². The second kappa shape index (κ2) is 5.09. The van der Waals surface area contributed by atoms with E-state index in [0.717, 1.165) is 12.0 Å². The zero-order valence-electron chi connectivity index (χ0n) is 12.3. The molecule has 0 heterocycles. The van der Waals surface area contributed by atoms with Gasteiger partial charge in [-0.05, 0) is 23.3 Å². The maximum absolute atomic E-state index is 11.2. The molecule has 4 nitrogen and oxygen atoms in total. The second-order valence-corrected chi connectivity index (χ2v) is 6.74. The maximum atomic E-state index is 11.2. The van der Waals surface area contributed by atoms with Crippen LogP contribution < -0.4 is 5.32 Å². The average molecular weight is 277 g/mol. The Hall–Kier alpha value is -1.55. The number of benzene rings is 1. The van der Waals surface area contributed by atoms with E-state index < -0.39 is 6.09 Å². The minimum absolute atomic E-state index is 0.0861. The SMILES string of the molecule is CC(C)(C)C(NC(=O)O)[C@]1(c2ccccc2)C[C@H]1CO. The van der Waals surface area contributed by atoms with Crippen molar-refractivity contribution in [3.63, 3.8) is 0 Å². The topological polar surface area (TPSA) is 69.6 Å². The fourth-order valence-corrected chi connectivity index (χ4v) is 3.44. The Balaban J connectivity index is 2.44. The Labute approximate surface area is 119 Å². The van der Waals surface area contributed by atoms with Gasteiger partial charge in [0.2, 0.25) is 0 Å². The molecule has 3 atom stereocenters. The van der Waals surface area contributed by atoms with Crippen LogP contribution in [0.15, 0.2) is 30.3 Å². The van der Waals surface area contributed by atoms with Crippen LogP contribution in [0.4, 0.5) is 4.79 Å². The lowest BCUT2D eigenvalue weighted by molar-refractivity contribution is 0.153. The predicted molar refractivity (Wildman–Crippen MR) is 77.7 cm³/mol. The average Bonchev–Trinajstić information content (AvgIpc) is 3.11. The predicted octanol–water partition coefficient (Wildman–Crippen LogP) is 2.62. The fourth-order valence-electron chi connectivity index (χ4n) is 3.44. The van der Waals surface area contributed by atoms with Gasteiger partial charge in [-0.15, -0.1) is 0 Å². The summed E-state index contributed by atoms with van der Waals surface area (Å²) in [5, 5.41) is 21.4. The number of nitrogens with one attached hydrogen (secondary N) is 1. The lowest BCUT2D eigenvalue weighted by atomic mass is 9.72. The summed E-state index contributed by atoms with van der Waals surface area (Å²) < 4.78 is 0. The van der Waals surface area contributed by atoms with Crippen LogP contribution in [-0.2, 0) is 5.41 Å². The number of rotatable bonds is 4. The van der Waals surface area contributed by atoms with E-state index in [9.17, 15) is 15.0 Å². The summed E-state index contributed by atoms with van der Waals surface area (Å²) in [6.07, 6.45) is -0.195. The quantitative estimate of drug-likeness (QED) is 0.792. The monoisotopic (exact) mass is 277 g/mol. The number of hydrogen-bond acceptors (Lipinski definition) is 2. The van der Waals surface area contributed by atoms with Crippen LogP contribution in [0, 0.1) is 11.3 Å². The number of aliphatic hydroxyl groups is 1. The molecule has 0 bridgehead atoms. The molecular formula is C16H23NO3. The first-order valence-electron chi connectivity index (χ1n) is 6.98. The first kappa shape index (κ1) is 14.9. The van der Waals surface area contributed by atoms with Gasteiger partial charge in [-0.3, -0.25) is 0 Å². The standard InChI is InChI=1S/C16H23NO3/c1-15(2,3)13(17-14(19)20)16(9-12(16)10-18)11-7-5-4-6-8-11/h4-8,12-13,17-18H,9-10H2,1-3H3,(H,19,20)/t12-,13?,16-/m0/s1. The van der Waals surface area contributed by atoms with Crippen LogP contribution in [0.5, 0.6) is 0 Å². The molecule has 20 heavy (non-hydrogen) atoms. The molecular weight excluding hydrogens is 254 g/mol. The van der Waals surface area contributed by atoms with Crippen molar-refractivity contribution in [2.45, 2.75) is 38.6 Å². The number of hydrogen-bond donors (Lipinski definition) is 3. The van der Waals surface area contributed by atoms with Crippen molar-refractivity contribution in [1.82, 2.24) is 5.32 Å². The summed E-state index contributed by atoms with van der Waals surface area (Å²) in [7, 11) is 0. The Morgan fingerprint density at radius 3 is 2.40 bits per heavy atom. The van der Waals surface area contributed by atoms with Crippen LogP contribution in [0.3, 0.4) is 0 Å². The van der Waals surface area contributed by atoms with Crippen molar-refractivity contribution in [3.8, 4) is 0 Å². The van der Waals surface area contributed by atoms with Crippen LogP contribution >= 0.6 is 0 Å². The number of amides is 1. The lowest BCUT2D eigenvalue weighted by Gasteiger charge is -2.38. The van der Waals surface area contributed by atoms with Gasteiger partial charge < -0.3 is 15.5 Å². The minimum atomic E-state index is -1.01. The highest BCUT2D eigenvalue weighted by Crippen LogP contribution is 2.59. The molecule has 1 fully saturated rings. The first-order chi connectivity index (χ1) is 9.32. The van der Waals surface area contributed by atoms with Gasteiger partial charge >= 0.3 is 6.09 Å². The van der Waals surface area contributed by atoms with E-state index in [1.165, 1.54) is 0 Å². The van der Waals surface area contributed by atoms with Crippen molar-refractivity contribution >= 4 is 6.09 Å². The summed E-state index contributed by atoms with van der Waals surface area (Å²) in [4.78, 5) is 11.2. The molecule has 3 N–H and O–H groups in total. The summed E-state index contributed by atoms with van der Waals surface area (Å²) in [5.41, 5.74) is 0.581. The zero-order valence-corrected chi connectivity index (χ0v) is 12.3. The van der Waals surface area contributed by atoms with Gasteiger partial charge in [0.05, 0.1) is 0 Å². The van der Waals surface area contributed by atoms with E-state index in [4.69, 9.17) is 0 Å². The van der Waals surface area contributed by atoms with E-state index in [0.29, 0.717) is 0 Å². The summed E-state index contributed by atoms with van der Waals surface area (Å²) >= 11 is 0. The molecule has 1 amide bonds. The minimum Gasteiger partial charge on any atom is -0.465 e. The second-order valence-electron chi connectivity index (χ2n) is 6.74. The molecule has 1 aliphatic carbocycles. The summed E-state index contributed by atoms with van der Waals surface area (Å²) in [6, 6.07) is 9.70. The van der Waals surface area contributed by atoms with Crippen LogP contribution in [0.25, 0.3) is 0 Å². The lowest BCUT2D eigenvalue weighted by Crippen LogP contribution is -2.52. The van der Waals surface area contributed by atoms with Crippen molar-refractivity contribution < 1.29 is 15.0 Å². The molecule has 4 heteroatoms. The third-order valence-electron chi connectivity index (χ3n) is 4.33. The van der Waals surface area contributed by atoms with E-state index in [1.54, 1.807) is 0 Å². The number of carbonyl (C=O) groups is 1. The van der Waals surface area contributed by atoms with Crippen LogP contribution in [0.2, 0.25) is 0 Å². The van der Waals surface area contributed by atoms with Crippen molar-refractivity contribution in [2.75, 3.05) is 6.61 Å². The van der Waals surface area contributed by atoms with Gasteiger partial charge in [-0.1, -0.05) is 51.1 Å². The highest BCUT2D eigenvalue weighted by atomic mass is 16.4. The van der Waals surface area contributed by atoms with Gasteiger partial charge in [-0.25, -0.2) is 4.79 Å². The normalized spacial score (nSPS) is 26.9. The van der Waals surface area contributed by atoms with Crippen molar-refractivity contribution in [3.05, 3.63) is 35.9 Å². The Kier molecular flexibility index (Phi) is 3.78. The van der Waals surface area contributed by atoms with E-state index in [1.807, 2.05) is 51.1 Å². The van der Waals surface area contributed by atoms with E-state index in [-0.39, 0.29) is 29.4 Å². The van der Waals surface area contributed by atoms with Crippen molar-refractivity contribution in [1.29, 1.82) is 0 Å². The van der Waals surface area contributed by atoms with Crippen LogP contribution in [-0.4, -0.2) is 29.0 Å². The molecule has 1 saturated carbocycles. The van der Waals surface area contributed by atoms with Crippen molar-refractivity contribution in [2.24, 2.45) is 11.3 Å². The highest BCUT2D eigenvalue weighted by molar-refractivity contribution is 5.66. The molecule has 0 aliphatic heterocycles. The molecule has 1 aromatic carbocycles. The third-order valence-corrected chi connectivity index (χ3v) is 4.33. The van der Waals surface area contributed by atoms with Crippen LogP contribution in [0.1, 0.15) is 32.8 Å². The molecule has 0 radical (unpaired) electrons. The highest BCUT2D eigenvalue weighted by Gasteiger charge is 2.62. The fraction of sp³-hybridized carbons (Fsp3) is 0.562. The largest absolute Gasteiger partial charge is 0.465 e. The molecule has 1 aromatic rings. The zero-order chi connectivity index (χ0) is 15.0. The number of carboxylic acid groups (broad SMARTS) is 1. The Morgan fingerprint density at radius 2 is 2.00 bits per heavy atom. The van der Waals surface area contributed by atoms with Gasteiger partial charge in [0.15, 0.2) is 0 Å². The van der Waals surface area contributed by atoms with Gasteiger partial charge in [0.25, 0.3) is 0 Å². The first-order valence-corrected chi connectivity index (χ1v) is 6.98. The smallest absolute Gasteiger partial charge is 0.404 e. The maximum Gasteiger partial charge on any atom is 0.404 e. The molecule has 0 aromatic heterocycles. The Morgan fingerprint density at radius 1 is 1.40 bits per heavy atom. The molecule has 0 spiro atoms. The summed E-state index contributed by atoms with van der Waals surface area (Å²) in [6.45, 7) is 6.18. The number of aliphatic hydroxyl groups excluding tert-OH is 1. The van der Waals surface area contributed by atoms with Gasteiger partial charge in [-0.2, -0.15) is 0 Å². The van der Waals surface area contributed by atoms with Gasteiger partial charge in [0.1, 0.15) is 0 Å². The third kappa shape index (κ3) is 2.52. The van der Waals surface area contributed by atoms with E-state index in [2.05, 4.69) is 5.32 Å². The molecule has 110 valence electrons. The Bertz CT molecular complexity index is 480. The molecule has 1 unspecified atom stereocenters. The molecule has 1 aliphatic rings. The molecule has 0 saturated heterocycles. The van der Waals surface area contributed by atoms with E-state index >= 15 is 0 Å². The summed E-state index contributed by atoms with van der Waals surface area (Å²) in [5.74, 6) is 0.112. The molecule has 2 rings (SSSR count).